The molecule has 0 saturated carbocycles. The van der Waals surface area contributed by atoms with Crippen molar-refractivity contribution in [3.8, 4) is 5.75 Å². The molecule has 2 rings (SSSR count). The fraction of sp³-hybridized carbons (Fsp3) is 0.125. The van der Waals surface area contributed by atoms with Gasteiger partial charge in [0.1, 0.15) is 5.75 Å². The first-order valence-electron chi connectivity index (χ1n) is 6.37. The first-order valence-corrected chi connectivity index (χ1v) is 7.36. The summed E-state index contributed by atoms with van der Waals surface area (Å²) < 4.78 is 0. The lowest BCUT2D eigenvalue weighted by atomic mass is 10.1. The largest absolute Gasteiger partial charge is 0.508 e. The third kappa shape index (κ3) is 4.65. The molecular weight excluding hydrogens is 286 g/mol. The maximum Gasteiger partial charge on any atom is 0.234 e. The highest BCUT2D eigenvalue weighted by Crippen LogP contribution is 2.22. The quantitative estimate of drug-likeness (QED) is 0.656. The number of nitrogens with one attached hydrogen (secondary N) is 1. The van der Waals surface area contributed by atoms with Gasteiger partial charge in [0.25, 0.3) is 0 Å². The molecule has 0 aliphatic heterocycles. The van der Waals surface area contributed by atoms with E-state index in [1.54, 1.807) is 42.5 Å². The van der Waals surface area contributed by atoms with E-state index in [0.717, 1.165) is 4.90 Å². The number of anilines is 1. The summed E-state index contributed by atoms with van der Waals surface area (Å²) in [5.74, 6) is 0.201. The van der Waals surface area contributed by atoms with E-state index in [4.69, 9.17) is 0 Å². The van der Waals surface area contributed by atoms with Crippen molar-refractivity contribution in [3.05, 3.63) is 54.1 Å². The number of ketones is 1. The zero-order valence-corrected chi connectivity index (χ0v) is 12.3. The number of Topliss-reactive ketones (excluding diaryl/α,β-unsaturated/α-hetero) is 1. The lowest BCUT2D eigenvalue weighted by Gasteiger charge is -2.06. The molecule has 0 spiro atoms. The topological polar surface area (TPSA) is 66.4 Å². The van der Waals surface area contributed by atoms with Crippen LogP contribution in [0.15, 0.2) is 53.4 Å². The molecule has 0 aliphatic carbocycles. The summed E-state index contributed by atoms with van der Waals surface area (Å²) in [4.78, 5) is 24.0. The molecule has 0 bridgehead atoms. The number of carbonyl (C=O) groups excluding carboxylic acids is 2. The maximum absolute atomic E-state index is 11.9. The number of phenolic OH excluding ortho intramolecular Hbond substituents is 1. The lowest BCUT2D eigenvalue weighted by molar-refractivity contribution is -0.113. The minimum absolute atomic E-state index is 0.0414. The van der Waals surface area contributed by atoms with Gasteiger partial charge in [-0.15, -0.1) is 11.8 Å². The SMILES string of the molecule is CC(=O)c1cccc(NC(=O)CSc2cccc(O)c2)c1. The average molecular weight is 301 g/mol. The number of hydrogen-bond donors (Lipinski definition) is 2. The lowest BCUT2D eigenvalue weighted by Crippen LogP contribution is -2.14. The van der Waals surface area contributed by atoms with Crippen LogP contribution in [0.3, 0.4) is 0 Å². The third-order valence-corrected chi connectivity index (χ3v) is 3.73. The van der Waals surface area contributed by atoms with Crippen molar-refractivity contribution in [2.45, 2.75) is 11.8 Å². The Morgan fingerprint density at radius 2 is 1.90 bits per heavy atom. The van der Waals surface area contributed by atoms with Crippen LogP contribution >= 0.6 is 11.8 Å². The summed E-state index contributed by atoms with van der Waals surface area (Å²) in [5.41, 5.74) is 1.16. The molecule has 0 aromatic heterocycles. The first-order chi connectivity index (χ1) is 10.0. The van der Waals surface area contributed by atoms with Gasteiger partial charge in [0.15, 0.2) is 5.78 Å². The van der Waals surface area contributed by atoms with Crippen LogP contribution in [0.25, 0.3) is 0 Å². The Hall–Kier alpha value is -2.27. The predicted octanol–water partition coefficient (Wildman–Crippen LogP) is 3.33. The van der Waals surface area contributed by atoms with Crippen molar-refractivity contribution >= 4 is 29.1 Å². The highest BCUT2D eigenvalue weighted by atomic mass is 32.2. The molecule has 21 heavy (non-hydrogen) atoms. The highest BCUT2D eigenvalue weighted by molar-refractivity contribution is 8.00. The van der Waals surface area contributed by atoms with Gasteiger partial charge in [-0.05, 0) is 37.3 Å². The molecule has 5 heteroatoms. The molecule has 1 amide bonds. The van der Waals surface area contributed by atoms with Crippen molar-refractivity contribution in [2.24, 2.45) is 0 Å². The molecule has 2 aromatic carbocycles. The normalized spacial score (nSPS) is 10.1. The van der Waals surface area contributed by atoms with Crippen LogP contribution in [0.5, 0.6) is 5.75 Å². The predicted molar refractivity (Wildman–Crippen MR) is 83.9 cm³/mol. The van der Waals surface area contributed by atoms with Crippen molar-refractivity contribution in [1.29, 1.82) is 0 Å². The number of hydrogen-bond acceptors (Lipinski definition) is 4. The van der Waals surface area contributed by atoms with Crippen molar-refractivity contribution < 1.29 is 14.7 Å². The maximum atomic E-state index is 11.9. The molecule has 0 aliphatic rings. The fourth-order valence-corrected chi connectivity index (χ4v) is 2.48. The van der Waals surface area contributed by atoms with Gasteiger partial charge in [-0.25, -0.2) is 0 Å². The highest BCUT2D eigenvalue weighted by Gasteiger charge is 2.06. The number of carbonyl (C=O) groups is 2. The molecule has 0 radical (unpaired) electrons. The van der Waals surface area contributed by atoms with Gasteiger partial charge in [-0.1, -0.05) is 18.2 Å². The van der Waals surface area contributed by atoms with Crippen molar-refractivity contribution in [3.63, 3.8) is 0 Å². The number of thioether (sulfide) groups is 1. The average Bonchev–Trinajstić information content (AvgIpc) is 2.45. The van der Waals surface area contributed by atoms with Crippen LogP contribution in [-0.2, 0) is 4.79 Å². The Bertz CT molecular complexity index is 670. The molecule has 0 atom stereocenters. The molecule has 108 valence electrons. The van der Waals surface area contributed by atoms with E-state index in [1.165, 1.54) is 18.7 Å². The van der Waals surface area contributed by atoms with Gasteiger partial charge in [0.2, 0.25) is 5.91 Å². The fourth-order valence-electron chi connectivity index (χ4n) is 1.74. The Morgan fingerprint density at radius 1 is 1.14 bits per heavy atom. The number of amides is 1. The first kappa shape index (κ1) is 15.1. The van der Waals surface area contributed by atoms with Gasteiger partial charge in [0, 0.05) is 16.1 Å². The Labute approximate surface area is 127 Å². The summed E-state index contributed by atoms with van der Waals surface area (Å²) in [7, 11) is 0. The molecule has 0 heterocycles. The van der Waals surface area contributed by atoms with Crippen molar-refractivity contribution in [1.82, 2.24) is 0 Å². The summed E-state index contributed by atoms with van der Waals surface area (Å²) in [6.07, 6.45) is 0. The Balaban J connectivity index is 1.93. The molecule has 4 nitrogen and oxygen atoms in total. The Morgan fingerprint density at radius 3 is 2.62 bits per heavy atom. The number of phenols is 1. The molecule has 0 saturated heterocycles. The molecule has 0 unspecified atom stereocenters. The van der Waals surface area contributed by atoms with Crippen LogP contribution in [0.2, 0.25) is 0 Å². The summed E-state index contributed by atoms with van der Waals surface area (Å²) >= 11 is 1.33. The zero-order valence-electron chi connectivity index (χ0n) is 11.5. The Kier molecular flexibility index (Phi) is 5.00. The smallest absolute Gasteiger partial charge is 0.234 e. The van der Waals surface area contributed by atoms with E-state index < -0.39 is 0 Å². The summed E-state index contributed by atoms with van der Waals surface area (Å²) in [6, 6.07) is 13.6. The van der Waals surface area contributed by atoms with Crippen LogP contribution in [0.4, 0.5) is 5.69 Å². The molecular formula is C16H15NO3S. The zero-order chi connectivity index (χ0) is 15.2. The molecule has 2 N–H and O–H groups in total. The second kappa shape index (κ2) is 6.95. The molecule has 2 aromatic rings. The van der Waals surface area contributed by atoms with E-state index in [1.807, 2.05) is 6.07 Å². The monoisotopic (exact) mass is 301 g/mol. The second-order valence-electron chi connectivity index (χ2n) is 4.47. The van der Waals surface area contributed by atoms with Gasteiger partial charge in [-0.3, -0.25) is 9.59 Å². The molecule has 0 fully saturated rings. The summed E-state index contributed by atoms with van der Waals surface area (Å²) in [5, 5.41) is 12.1. The third-order valence-electron chi connectivity index (χ3n) is 2.74. The van der Waals surface area contributed by atoms with Crippen LogP contribution in [0, 0.1) is 0 Å². The van der Waals surface area contributed by atoms with Crippen molar-refractivity contribution in [2.75, 3.05) is 11.1 Å². The van der Waals surface area contributed by atoms with Gasteiger partial charge < -0.3 is 10.4 Å². The standard InChI is InChI=1S/C16H15NO3S/c1-11(18)12-4-2-5-13(8-12)17-16(20)10-21-15-7-3-6-14(19)9-15/h2-9,19H,10H2,1H3,(H,17,20). The van der Waals surface area contributed by atoms with E-state index >= 15 is 0 Å². The van der Waals surface area contributed by atoms with E-state index in [2.05, 4.69) is 5.32 Å². The van der Waals surface area contributed by atoms with Gasteiger partial charge >= 0.3 is 0 Å². The van der Waals surface area contributed by atoms with E-state index in [9.17, 15) is 14.7 Å². The number of rotatable bonds is 5. The van der Waals surface area contributed by atoms with Crippen LogP contribution < -0.4 is 5.32 Å². The number of aromatic hydroxyl groups is 1. The van der Waals surface area contributed by atoms with Gasteiger partial charge in [-0.2, -0.15) is 0 Å². The minimum Gasteiger partial charge on any atom is -0.508 e. The summed E-state index contributed by atoms with van der Waals surface area (Å²) in [6.45, 7) is 1.48. The van der Waals surface area contributed by atoms with Crippen LogP contribution in [0.1, 0.15) is 17.3 Å². The van der Waals surface area contributed by atoms with Gasteiger partial charge in [0.05, 0.1) is 5.75 Å². The second-order valence-corrected chi connectivity index (χ2v) is 5.52. The number of benzene rings is 2. The van der Waals surface area contributed by atoms with E-state index in [-0.39, 0.29) is 23.2 Å². The minimum atomic E-state index is -0.163. The van der Waals surface area contributed by atoms with E-state index in [0.29, 0.717) is 11.3 Å². The van der Waals surface area contributed by atoms with Crippen LogP contribution in [-0.4, -0.2) is 22.5 Å².